The molecular formula is C20H24ClN5O4S. The second-order valence-corrected chi connectivity index (χ2v) is 10.4. The van der Waals surface area contributed by atoms with Crippen molar-refractivity contribution in [1.82, 2.24) is 14.6 Å². The predicted octanol–water partition coefficient (Wildman–Crippen LogP) is 2.81. The van der Waals surface area contributed by atoms with E-state index in [1.165, 1.54) is 21.8 Å². The second-order valence-electron chi connectivity index (χ2n) is 8.00. The summed E-state index contributed by atoms with van der Waals surface area (Å²) in [6.45, 7) is 6.11. The van der Waals surface area contributed by atoms with Crippen LogP contribution >= 0.6 is 11.6 Å². The van der Waals surface area contributed by atoms with Crippen molar-refractivity contribution in [3.8, 4) is 11.3 Å². The molecule has 0 saturated heterocycles. The zero-order valence-corrected chi connectivity index (χ0v) is 19.2. The minimum absolute atomic E-state index is 0.0280. The van der Waals surface area contributed by atoms with Gasteiger partial charge in [0.25, 0.3) is 0 Å². The van der Waals surface area contributed by atoms with Crippen LogP contribution in [-0.2, 0) is 19.4 Å². The smallest absolute Gasteiger partial charge is 0.214 e. The zero-order chi connectivity index (χ0) is 23.0. The largest absolute Gasteiger partial charge is 0.382 e. The summed E-state index contributed by atoms with van der Waals surface area (Å²) in [5, 5.41) is 4.56. The van der Waals surface area contributed by atoms with Gasteiger partial charge in [-0.2, -0.15) is 5.10 Å². The van der Waals surface area contributed by atoms with Crippen molar-refractivity contribution in [2.75, 3.05) is 30.0 Å². The number of aromatic nitrogens is 3. The molecule has 0 atom stereocenters. The Kier molecular flexibility index (Phi) is 6.26. The van der Waals surface area contributed by atoms with Crippen LogP contribution in [0.5, 0.6) is 0 Å². The molecule has 1 amide bonds. The molecule has 11 heteroatoms. The SMILES string of the molecule is CC(C)(C)OCCN(C=O)c1cc(-c2cc(Cl)c3c(N)ncnn23)ccc1S(C)(=O)=O. The van der Waals surface area contributed by atoms with Crippen LogP contribution in [0.2, 0.25) is 5.02 Å². The van der Waals surface area contributed by atoms with Gasteiger partial charge >= 0.3 is 0 Å². The van der Waals surface area contributed by atoms with Crippen LogP contribution in [0.3, 0.4) is 0 Å². The molecule has 3 rings (SSSR count). The third kappa shape index (κ3) is 4.97. The van der Waals surface area contributed by atoms with Gasteiger partial charge in [0.15, 0.2) is 15.7 Å². The van der Waals surface area contributed by atoms with Crippen molar-refractivity contribution >= 4 is 44.9 Å². The van der Waals surface area contributed by atoms with Gasteiger partial charge in [-0.1, -0.05) is 17.7 Å². The Morgan fingerprint density at radius 2 is 2.00 bits per heavy atom. The predicted molar refractivity (Wildman–Crippen MR) is 120 cm³/mol. The van der Waals surface area contributed by atoms with Crippen LogP contribution in [0, 0.1) is 0 Å². The van der Waals surface area contributed by atoms with E-state index in [0.717, 1.165) is 6.26 Å². The standard InChI is InChI=1S/C20H24ClN5O4S/c1-20(2,3)30-8-7-25(12-27)16-9-13(5-6-17(16)31(4,28)29)15-10-14(21)18-19(22)23-11-24-26(15)18/h5-6,9-12H,7-8H2,1-4H3,(H2,22,23,24). The number of carbonyl (C=O) groups is 1. The van der Waals surface area contributed by atoms with E-state index < -0.39 is 15.4 Å². The third-order valence-electron chi connectivity index (χ3n) is 4.49. The van der Waals surface area contributed by atoms with Gasteiger partial charge in [0, 0.05) is 18.4 Å². The van der Waals surface area contributed by atoms with Crippen molar-refractivity contribution in [2.45, 2.75) is 31.3 Å². The minimum Gasteiger partial charge on any atom is -0.382 e. The number of benzene rings is 1. The topological polar surface area (TPSA) is 120 Å². The molecule has 0 radical (unpaired) electrons. The van der Waals surface area contributed by atoms with Crippen molar-refractivity contribution in [2.24, 2.45) is 0 Å². The van der Waals surface area contributed by atoms with E-state index in [4.69, 9.17) is 22.1 Å². The normalized spacial score (nSPS) is 12.3. The van der Waals surface area contributed by atoms with Gasteiger partial charge in [0.05, 0.1) is 33.5 Å². The number of sulfone groups is 1. The quantitative estimate of drug-likeness (QED) is 0.532. The van der Waals surface area contributed by atoms with E-state index in [1.807, 2.05) is 20.8 Å². The number of carbonyl (C=O) groups excluding carboxylic acids is 1. The number of hydrogen-bond donors (Lipinski definition) is 1. The average molecular weight is 466 g/mol. The van der Waals surface area contributed by atoms with Gasteiger partial charge in [-0.3, -0.25) is 4.79 Å². The van der Waals surface area contributed by atoms with Gasteiger partial charge in [0.1, 0.15) is 11.8 Å². The highest BCUT2D eigenvalue weighted by Gasteiger charge is 2.22. The van der Waals surface area contributed by atoms with Crippen LogP contribution in [0.25, 0.3) is 16.8 Å². The molecule has 3 aromatic rings. The van der Waals surface area contributed by atoms with E-state index in [-0.39, 0.29) is 29.6 Å². The fourth-order valence-electron chi connectivity index (χ4n) is 3.12. The summed E-state index contributed by atoms with van der Waals surface area (Å²) in [6, 6.07) is 6.36. The molecule has 9 nitrogen and oxygen atoms in total. The Morgan fingerprint density at radius 3 is 2.61 bits per heavy atom. The van der Waals surface area contributed by atoms with E-state index in [2.05, 4.69) is 10.1 Å². The molecule has 1 aromatic carbocycles. The molecular weight excluding hydrogens is 442 g/mol. The zero-order valence-electron chi connectivity index (χ0n) is 17.7. The molecule has 0 spiro atoms. The van der Waals surface area contributed by atoms with Crippen LogP contribution in [-0.4, -0.2) is 54.4 Å². The maximum absolute atomic E-state index is 12.4. The van der Waals surface area contributed by atoms with Gasteiger partial charge in [-0.15, -0.1) is 0 Å². The molecule has 0 aliphatic rings. The molecule has 2 heterocycles. The lowest BCUT2D eigenvalue weighted by molar-refractivity contribution is -0.107. The van der Waals surface area contributed by atoms with Crippen molar-refractivity contribution in [1.29, 1.82) is 0 Å². The lowest BCUT2D eigenvalue weighted by Crippen LogP contribution is -2.30. The summed E-state index contributed by atoms with van der Waals surface area (Å²) in [4.78, 5) is 17.1. The minimum atomic E-state index is -3.60. The highest BCUT2D eigenvalue weighted by molar-refractivity contribution is 7.90. The maximum Gasteiger partial charge on any atom is 0.214 e. The third-order valence-corrected chi connectivity index (χ3v) is 5.93. The first-order chi connectivity index (χ1) is 14.4. The highest BCUT2D eigenvalue weighted by Crippen LogP contribution is 2.35. The first-order valence-corrected chi connectivity index (χ1v) is 11.7. The molecule has 0 saturated carbocycles. The summed E-state index contributed by atoms with van der Waals surface area (Å²) in [5.41, 5.74) is 7.38. The van der Waals surface area contributed by atoms with Gasteiger partial charge < -0.3 is 15.4 Å². The number of nitrogens with two attached hydrogens (primary N) is 1. The van der Waals surface area contributed by atoms with Gasteiger partial charge in [-0.05, 0) is 39.0 Å². The molecule has 31 heavy (non-hydrogen) atoms. The van der Waals surface area contributed by atoms with E-state index >= 15 is 0 Å². The second kappa shape index (κ2) is 8.45. The molecule has 166 valence electrons. The number of anilines is 2. The first-order valence-electron chi connectivity index (χ1n) is 9.40. The average Bonchev–Trinajstić information content (AvgIpc) is 3.01. The lowest BCUT2D eigenvalue weighted by Gasteiger charge is -2.24. The van der Waals surface area contributed by atoms with Gasteiger partial charge in [0.2, 0.25) is 6.41 Å². The Hall–Kier alpha value is -2.69. The number of hydrogen-bond acceptors (Lipinski definition) is 7. The Bertz CT molecular complexity index is 1230. The number of rotatable bonds is 7. The summed E-state index contributed by atoms with van der Waals surface area (Å²) >= 11 is 6.32. The monoisotopic (exact) mass is 465 g/mol. The Labute approximate surface area is 185 Å². The molecule has 2 N–H and O–H groups in total. The summed E-state index contributed by atoms with van der Waals surface area (Å²) < 4.78 is 32.0. The maximum atomic E-state index is 12.4. The molecule has 2 aromatic heterocycles. The van der Waals surface area contributed by atoms with Crippen LogP contribution in [0.15, 0.2) is 35.5 Å². The molecule has 0 bridgehead atoms. The van der Waals surface area contributed by atoms with Gasteiger partial charge in [-0.25, -0.2) is 17.9 Å². The molecule has 0 unspecified atom stereocenters. The van der Waals surface area contributed by atoms with E-state index in [0.29, 0.717) is 28.2 Å². The van der Waals surface area contributed by atoms with Crippen LogP contribution in [0.1, 0.15) is 20.8 Å². The lowest BCUT2D eigenvalue weighted by atomic mass is 10.1. The van der Waals surface area contributed by atoms with Crippen LogP contribution < -0.4 is 10.6 Å². The number of nitrogen functional groups attached to an aromatic ring is 1. The Balaban J connectivity index is 2.12. The number of amides is 1. The number of ether oxygens (including phenoxy) is 1. The first kappa shape index (κ1) is 23.0. The van der Waals surface area contributed by atoms with E-state index in [1.54, 1.807) is 18.2 Å². The summed E-state index contributed by atoms with van der Waals surface area (Å²) in [5.74, 6) is 0.216. The number of nitrogens with zero attached hydrogens (tertiary/aromatic N) is 4. The molecule has 0 aliphatic heterocycles. The van der Waals surface area contributed by atoms with Crippen molar-refractivity contribution in [3.05, 3.63) is 35.6 Å². The fraction of sp³-hybridized carbons (Fsp3) is 0.350. The van der Waals surface area contributed by atoms with E-state index in [9.17, 15) is 13.2 Å². The van der Waals surface area contributed by atoms with Crippen LogP contribution in [0.4, 0.5) is 11.5 Å². The molecule has 0 aliphatic carbocycles. The summed E-state index contributed by atoms with van der Waals surface area (Å²) in [6.07, 6.45) is 2.98. The number of halogens is 1. The molecule has 0 fully saturated rings. The fourth-order valence-corrected chi connectivity index (χ4v) is 4.27. The van der Waals surface area contributed by atoms with Crippen molar-refractivity contribution < 1.29 is 17.9 Å². The van der Waals surface area contributed by atoms with Crippen molar-refractivity contribution in [3.63, 3.8) is 0 Å². The highest BCUT2D eigenvalue weighted by atomic mass is 35.5. The summed E-state index contributed by atoms with van der Waals surface area (Å²) in [7, 11) is -3.60. The number of fused-ring (bicyclic) bond motifs is 1. The Morgan fingerprint density at radius 1 is 1.29 bits per heavy atom.